The lowest BCUT2D eigenvalue weighted by Crippen LogP contribution is -2.23. The molecule has 96 valence electrons. The zero-order valence-corrected chi connectivity index (χ0v) is 10.7. The van der Waals surface area contributed by atoms with Crippen molar-refractivity contribution in [3.63, 3.8) is 0 Å². The summed E-state index contributed by atoms with van der Waals surface area (Å²) in [6.45, 7) is 2.56. The van der Waals surface area contributed by atoms with Crippen molar-refractivity contribution in [2.75, 3.05) is 11.9 Å². The summed E-state index contributed by atoms with van der Waals surface area (Å²) in [5, 5.41) is 11.9. The Bertz CT molecular complexity index is 546. The number of hydrogen-bond acceptors (Lipinski definition) is 4. The Labute approximate surface area is 112 Å². The van der Waals surface area contributed by atoms with Crippen LogP contribution in [0.15, 0.2) is 48.7 Å². The summed E-state index contributed by atoms with van der Waals surface area (Å²) in [6.07, 6.45) is 1.55. The number of anilines is 1. The maximum atomic E-state index is 8.69. The number of ether oxygens (including phenoxy) is 1. The molecule has 0 spiro atoms. The number of nitrogens with zero attached hydrogens (tertiary/aromatic N) is 2. The van der Waals surface area contributed by atoms with Crippen molar-refractivity contribution in [2.45, 2.75) is 13.0 Å². The van der Waals surface area contributed by atoms with Crippen LogP contribution in [-0.2, 0) is 0 Å². The van der Waals surface area contributed by atoms with Gasteiger partial charge in [0.25, 0.3) is 0 Å². The van der Waals surface area contributed by atoms with Crippen LogP contribution in [0, 0.1) is 11.3 Å². The van der Waals surface area contributed by atoms with Crippen molar-refractivity contribution >= 4 is 5.82 Å². The molecule has 0 aliphatic carbocycles. The van der Waals surface area contributed by atoms with E-state index in [2.05, 4.69) is 10.3 Å². The second kappa shape index (κ2) is 6.41. The fourth-order valence-electron chi connectivity index (χ4n) is 1.58. The molecule has 19 heavy (non-hydrogen) atoms. The third-order valence-corrected chi connectivity index (χ3v) is 2.53. The van der Waals surface area contributed by atoms with Crippen LogP contribution in [0.3, 0.4) is 0 Å². The van der Waals surface area contributed by atoms with Crippen molar-refractivity contribution in [2.24, 2.45) is 0 Å². The molecule has 2 rings (SSSR count). The van der Waals surface area contributed by atoms with Crippen LogP contribution in [0.2, 0.25) is 0 Å². The number of aromatic nitrogens is 1. The molecule has 0 amide bonds. The summed E-state index contributed by atoms with van der Waals surface area (Å²) in [7, 11) is 0. The molecule has 0 saturated carbocycles. The van der Waals surface area contributed by atoms with Gasteiger partial charge in [0.1, 0.15) is 24.2 Å². The minimum atomic E-state index is 0.126. The fourth-order valence-corrected chi connectivity index (χ4v) is 1.58. The first-order chi connectivity index (χ1) is 9.28. The van der Waals surface area contributed by atoms with Crippen molar-refractivity contribution in [3.05, 3.63) is 54.2 Å². The van der Waals surface area contributed by atoms with Gasteiger partial charge in [-0.05, 0) is 31.2 Å². The topological polar surface area (TPSA) is 57.9 Å². The number of rotatable bonds is 5. The van der Waals surface area contributed by atoms with Crippen molar-refractivity contribution in [1.29, 1.82) is 5.26 Å². The number of benzene rings is 1. The zero-order chi connectivity index (χ0) is 13.5. The fraction of sp³-hybridized carbons (Fsp3) is 0.200. The molecule has 1 aromatic carbocycles. The quantitative estimate of drug-likeness (QED) is 0.890. The first-order valence-corrected chi connectivity index (χ1v) is 6.08. The van der Waals surface area contributed by atoms with Crippen molar-refractivity contribution < 1.29 is 4.74 Å². The van der Waals surface area contributed by atoms with Gasteiger partial charge in [0.15, 0.2) is 0 Å². The molecule has 1 atom stereocenters. The van der Waals surface area contributed by atoms with Gasteiger partial charge in [0, 0.05) is 6.20 Å². The van der Waals surface area contributed by atoms with E-state index in [1.54, 1.807) is 18.3 Å². The SMILES string of the molecule is C[C@H](COc1ccccc1)Nc1ccc(C#N)cn1. The summed E-state index contributed by atoms with van der Waals surface area (Å²) < 4.78 is 5.64. The summed E-state index contributed by atoms with van der Waals surface area (Å²) in [5.41, 5.74) is 0.554. The molecule has 4 nitrogen and oxygen atoms in total. The lowest BCUT2D eigenvalue weighted by atomic mass is 10.3. The standard InChI is InChI=1S/C15H15N3O/c1-12(11-19-14-5-3-2-4-6-14)18-15-8-7-13(9-16)10-17-15/h2-8,10,12H,11H2,1H3,(H,17,18)/t12-/m1/s1. The highest BCUT2D eigenvalue weighted by Gasteiger charge is 2.04. The van der Waals surface area contributed by atoms with E-state index in [9.17, 15) is 0 Å². The Morgan fingerprint density at radius 1 is 1.26 bits per heavy atom. The minimum absolute atomic E-state index is 0.126. The zero-order valence-electron chi connectivity index (χ0n) is 10.7. The second-order valence-electron chi connectivity index (χ2n) is 4.21. The molecule has 0 fully saturated rings. The van der Waals surface area contributed by atoms with Crippen LogP contribution in [0.4, 0.5) is 5.82 Å². The van der Waals surface area contributed by atoms with Crippen LogP contribution < -0.4 is 10.1 Å². The second-order valence-corrected chi connectivity index (χ2v) is 4.21. The molecule has 1 heterocycles. The number of nitrogens with one attached hydrogen (secondary N) is 1. The van der Waals surface area contributed by atoms with Crippen LogP contribution in [0.5, 0.6) is 5.75 Å². The van der Waals surface area contributed by atoms with Gasteiger partial charge >= 0.3 is 0 Å². The lowest BCUT2D eigenvalue weighted by molar-refractivity contribution is 0.304. The number of nitriles is 1. The molecule has 1 N–H and O–H groups in total. The highest BCUT2D eigenvalue weighted by molar-refractivity contribution is 5.39. The van der Waals surface area contributed by atoms with Crippen LogP contribution >= 0.6 is 0 Å². The Hall–Kier alpha value is -2.54. The maximum Gasteiger partial charge on any atom is 0.126 e. The third-order valence-electron chi connectivity index (χ3n) is 2.53. The Morgan fingerprint density at radius 3 is 2.68 bits per heavy atom. The molecule has 0 unspecified atom stereocenters. The van der Waals surface area contributed by atoms with Gasteiger partial charge in [-0.2, -0.15) is 5.26 Å². The third kappa shape index (κ3) is 4.00. The molecule has 0 bridgehead atoms. The Morgan fingerprint density at radius 2 is 2.05 bits per heavy atom. The Kier molecular flexibility index (Phi) is 4.35. The summed E-state index contributed by atoms with van der Waals surface area (Å²) >= 11 is 0. The first-order valence-electron chi connectivity index (χ1n) is 6.08. The molecule has 0 saturated heterocycles. The van der Waals surface area contributed by atoms with E-state index < -0.39 is 0 Å². The average molecular weight is 253 g/mol. The monoisotopic (exact) mass is 253 g/mol. The van der Waals surface area contributed by atoms with E-state index in [0.717, 1.165) is 11.6 Å². The average Bonchev–Trinajstić information content (AvgIpc) is 2.47. The molecule has 1 aromatic heterocycles. The number of hydrogen-bond donors (Lipinski definition) is 1. The van der Waals surface area contributed by atoms with Gasteiger partial charge in [-0.15, -0.1) is 0 Å². The van der Waals surface area contributed by atoms with Crippen LogP contribution in [0.1, 0.15) is 12.5 Å². The van der Waals surface area contributed by atoms with Gasteiger partial charge in [0.2, 0.25) is 0 Å². The van der Waals surface area contributed by atoms with Gasteiger partial charge in [-0.3, -0.25) is 0 Å². The predicted molar refractivity (Wildman–Crippen MR) is 74.0 cm³/mol. The minimum Gasteiger partial charge on any atom is -0.491 e. The van der Waals surface area contributed by atoms with E-state index >= 15 is 0 Å². The molecule has 0 aliphatic rings. The van der Waals surface area contributed by atoms with Gasteiger partial charge < -0.3 is 10.1 Å². The van der Waals surface area contributed by atoms with Crippen LogP contribution in [0.25, 0.3) is 0 Å². The highest BCUT2D eigenvalue weighted by atomic mass is 16.5. The van der Waals surface area contributed by atoms with Gasteiger partial charge in [0.05, 0.1) is 11.6 Å². The summed E-state index contributed by atoms with van der Waals surface area (Å²) in [6, 6.07) is 15.4. The molecule has 0 aliphatic heterocycles. The van der Waals surface area contributed by atoms with Gasteiger partial charge in [-0.25, -0.2) is 4.98 Å². The lowest BCUT2D eigenvalue weighted by Gasteiger charge is -2.15. The molecule has 2 aromatic rings. The molecular formula is C15H15N3O. The smallest absolute Gasteiger partial charge is 0.126 e. The van der Waals surface area contributed by atoms with E-state index in [1.807, 2.05) is 43.3 Å². The van der Waals surface area contributed by atoms with E-state index in [0.29, 0.717) is 12.2 Å². The molecular weight excluding hydrogens is 238 g/mol. The predicted octanol–water partition coefficient (Wildman–Crippen LogP) is 2.83. The summed E-state index contributed by atoms with van der Waals surface area (Å²) in [4.78, 5) is 4.16. The summed E-state index contributed by atoms with van der Waals surface area (Å²) in [5.74, 6) is 1.59. The van der Waals surface area contributed by atoms with Gasteiger partial charge in [-0.1, -0.05) is 18.2 Å². The largest absolute Gasteiger partial charge is 0.491 e. The number of para-hydroxylation sites is 1. The van der Waals surface area contributed by atoms with E-state index in [4.69, 9.17) is 10.00 Å². The Balaban J connectivity index is 1.84. The van der Waals surface area contributed by atoms with Crippen molar-refractivity contribution in [1.82, 2.24) is 4.98 Å². The van der Waals surface area contributed by atoms with E-state index in [1.165, 1.54) is 0 Å². The van der Waals surface area contributed by atoms with E-state index in [-0.39, 0.29) is 6.04 Å². The number of pyridine rings is 1. The molecule has 0 radical (unpaired) electrons. The highest BCUT2D eigenvalue weighted by Crippen LogP contribution is 2.10. The first kappa shape index (κ1) is 12.9. The molecule has 4 heteroatoms. The normalized spacial score (nSPS) is 11.4. The van der Waals surface area contributed by atoms with Crippen molar-refractivity contribution in [3.8, 4) is 11.8 Å². The van der Waals surface area contributed by atoms with Crippen LogP contribution in [-0.4, -0.2) is 17.6 Å². The maximum absolute atomic E-state index is 8.69.